The Morgan fingerprint density at radius 1 is 0.765 bits per heavy atom. The molecule has 0 aliphatic carbocycles. The van der Waals surface area contributed by atoms with Crippen molar-refractivity contribution in [1.29, 1.82) is 0 Å². The van der Waals surface area contributed by atoms with Crippen molar-refractivity contribution in [3.63, 3.8) is 0 Å². The fraction of sp³-hybridized carbons (Fsp3) is 0.0370. The Labute approximate surface area is 206 Å². The lowest BCUT2D eigenvalue weighted by molar-refractivity contribution is 0.482. The van der Waals surface area contributed by atoms with Crippen LogP contribution in [0.15, 0.2) is 108 Å². The lowest BCUT2D eigenvalue weighted by Gasteiger charge is -2.12. The fourth-order valence-corrected chi connectivity index (χ4v) is 4.43. The summed E-state index contributed by atoms with van der Waals surface area (Å²) in [7, 11) is 0. The molecule has 0 saturated heterocycles. The summed E-state index contributed by atoms with van der Waals surface area (Å²) >= 11 is 7.62. The van der Waals surface area contributed by atoms with E-state index in [1.165, 1.54) is 23.9 Å². The summed E-state index contributed by atoms with van der Waals surface area (Å²) in [5.41, 5.74) is 2.80. The third kappa shape index (κ3) is 5.14. The van der Waals surface area contributed by atoms with Crippen LogP contribution in [0.1, 0.15) is 5.56 Å². The van der Waals surface area contributed by atoms with Gasteiger partial charge in [0.1, 0.15) is 17.3 Å². The van der Waals surface area contributed by atoms with E-state index in [2.05, 4.69) is 10.2 Å². The minimum atomic E-state index is -0.250. The Balaban J connectivity index is 1.47. The SMILES string of the molecule is Fc1ccc(CSc2nnc(-c3ccc(Cl)cc3)n2-c2ccc(Oc3ccccc3)cc2)cc1. The van der Waals surface area contributed by atoms with Gasteiger partial charge in [0.2, 0.25) is 0 Å². The largest absolute Gasteiger partial charge is 0.457 e. The molecule has 0 spiro atoms. The second-order valence-corrected chi connectivity index (χ2v) is 8.85. The van der Waals surface area contributed by atoms with Crippen LogP contribution < -0.4 is 4.74 Å². The van der Waals surface area contributed by atoms with Gasteiger partial charge in [0, 0.05) is 22.0 Å². The molecule has 7 heteroatoms. The summed E-state index contributed by atoms with van der Waals surface area (Å²) in [5.74, 6) is 2.59. The van der Waals surface area contributed by atoms with Crippen LogP contribution in [0, 0.1) is 5.82 Å². The van der Waals surface area contributed by atoms with Gasteiger partial charge in [-0.1, -0.05) is 53.7 Å². The van der Waals surface area contributed by atoms with Crippen LogP contribution >= 0.6 is 23.4 Å². The average molecular weight is 488 g/mol. The summed E-state index contributed by atoms with van der Waals surface area (Å²) < 4.78 is 21.2. The van der Waals surface area contributed by atoms with Crippen molar-refractivity contribution >= 4 is 23.4 Å². The zero-order chi connectivity index (χ0) is 23.3. The van der Waals surface area contributed by atoms with E-state index >= 15 is 0 Å². The highest BCUT2D eigenvalue weighted by Gasteiger charge is 2.17. The molecule has 0 aliphatic rings. The van der Waals surface area contributed by atoms with Crippen molar-refractivity contribution in [2.24, 2.45) is 0 Å². The molecular weight excluding hydrogens is 469 g/mol. The average Bonchev–Trinajstić information content (AvgIpc) is 3.29. The summed E-state index contributed by atoms with van der Waals surface area (Å²) in [4.78, 5) is 0. The first-order valence-electron chi connectivity index (χ1n) is 10.6. The Morgan fingerprint density at radius 3 is 2.15 bits per heavy atom. The number of thioether (sulfide) groups is 1. The van der Waals surface area contributed by atoms with Gasteiger partial charge >= 0.3 is 0 Å². The smallest absolute Gasteiger partial charge is 0.196 e. The van der Waals surface area contributed by atoms with Gasteiger partial charge in [-0.25, -0.2) is 4.39 Å². The van der Waals surface area contributed by atoms with Crippen molar-refractivity contribution in [1.82, 2.24) is 14.8 Å². The Hall–Kier alpha value is -3.61. The van der Waals surface area contributed by atoms with E-state index in [9.17, 15) is 4.39 Å². The molecule has 0 unspecified atom stereocenters. The van der Waals surface area contributed by atoms with Gasteiger partial charge in [-0.05, 0) is 78.4 Å². The van der Waals surface area contributed by atoms with Crippen LogP contribution in [0.3, 0.4) is 0 Å². The molecule has 1 heterocycles. The second kappa shape index (κ2) is 10.1. The number of para-hydroxylation sites is 1. The maximum absolute atomic E-state index is 13.3. The van der Waals surface area contributed by atoms with Gasteiger partial charge in [0.25, 0.3) is 0 Å². The van der Waals surface area contributed by atoms with Crippen LogP contribution in [0.2, 0.25) is 5.02 Å². The van der Waals surface area contributed by atoms with Crippen LogP contribution in [0.4, 0.5) is 4.39 Å². The monoisotopic (exact) mass is 487 g/mol. The zero-order valence-electron chi connectivity index (χ0n) is 17.9. The third-order valence-corrected chi connectivity index (χ3v) is 6.34. The molecule has 0 amide bonds. The normalized spacial score (nSPS) is 10.9. The van der Waals surface area contributed by atoms with E-state index < -0.39 is 0 Å². The molecule has 0 radical (unpaired) electrons. The molecule has 4 nitrogen and oxygen atoms in total. The van der Waals surface area contributed by atoms with Gasteiger partial charge in [-0.3, -0.25) is 4.57 Å². The van der Waals surface area contributed by atoms with Crippen LogP contribution in [-0.2, 0) is 5.75 Å². The van der Waals surface area contributed by atoms with E-state index in [1.807, 2.05) is 83.4 Å². The van der Waals surface area contributed by atoms with E-state index in [-0.39, 0.29) is 5.82 Å². The molecule has 0 aliphatic heterocycles. The van der Waals surface area contributed by atoms with Gasteiger partial charge < -0.3 is 4.74 Å². The summed E-state index contributed by atoms with van der Waals surface area (Å²) in [6, 6.07) is 31.4. The zero-order valence-corrected chi connectivity index (χ0v) is 19.5. The number of ether oxygens (including phenoxy) is 1. The standard InChI is InChI=1S/C27H19ClFN3OS/c28-21-10-8-20(9-11-21)26-30-31-27(34-18-19-6-12-22(29)13-7-19)32(26)23-14-16-25(17-15-23)33-24-4-2-1-3-5-24/h1-17H,18H2. The second-order valence-electron chi connectivity index (χ2n) is 7.47. The number of aromatic nitrogens is 3. The van der Waals surface area contributed by atoms with E-state index in [0.29, 0.717) is 16.6 Å². The van der Waals surface area contributed by atoms with Crippen LogP contribution in [-0.4, -0.2) is 14.8 Å². The van der Waals surface area contributed by atoms with Crippen LogP contribution in [0.5, 0.6) is 11.5 Å². The Bertz CT molecular complexity index is 1370. The minimum absolute atomic E-state index is 0.250. The van der Waals surface area contributed by atoms with Crippen molar-refractivity contribution in [2.75, 3.05) is 0 Å². The molecule has 0 bridgehead atoms. The number of rotatable bonds is 7. The molecule has 0 atom stereocenters. The summed E-state index contributed by atoms with van der Waals surface area (Å²) in [6.07, 6.45) is 0. The molecule has 0 N–H and O–H groups in total. The fourth-order valence-electron chi connectivity index (χ4n) is 3.40. The van der Waals surface area contributed by atoms with Crippen molar-refractivity contribution in [2.45, 2.75) is 10.9 Å². The number of hydrogen-bond acceptors (Lipinski definition) is 4. The van der Waals surface area contributed by atoms with Gasteiger partial charge in [-0.15, -0.1) is 10.2 Å². The van der Waals surface area contributed by atoms with Gasteiger partial charge in [0.05, 0.1) is 0 Å². The molecule has 4 aromatic carbocycles. The summed E-state index contributed by atoms with van der Waals surface area (Å²) in [5, 5.41) is 10.3. The Morgan fingerprint density at radius 2 is 1.44 bits per heavy atom. The quantitative estimate of drug-likeness (QED) is 0.219. The maximum atomic E-state index is 13.3. The predicted octanol–water partition coefficient (Wildman–Crippen LogP) is 7.81. The minimum Gasteiger partial charge on any atom is -0.457 e. The van der Waals surface area contributed by atoms with Crippen molar-refractivity contribution in [3.8, 4) is 28.6 Å². The highest BCUT2D eigenvalue weighted by Crippen LogP contribution is 2.31. The number of benzene rings is 4. The topological polar surface area (TPSA) is 39.9 Å². The van der Waals surface area contributed by atoms with E-state index in [0.717, 1.165) is 33.5 Å². The van der Waals surface area contributed by atoms with Gasteiger partial charge in [-0.2, -0.15) is 0 Å². The van der Waals surface area contributed by atoms with Crippen molar-refractivity contribution in [3.05, 3.63) is 120 Å². The van der Waals surface area contributed by atoms with Crippen LogP contribution in [0.25, 0.3) is 17.1 Å². The number of nitrogens with zero attached hydrogens (tertiary/aromatic N) is 3. The third-order valence-electron chi connectivity index (χ3n) is 5.09. The molecular formula is C27H19ClFN3OS. The Kier molecular flexibility index (Phi) is 6.60. The lowest BCUT2D eigenvalue weighted by Crippen LogP contribution is -2.00. The molecule has 0 saturated carbocycles. The van der Waals surface area contributed by atoms with Gasteiger partial charge in [0.15, 0.2) is 11.0 Å². The first-order valence-corrected chi connectivity index (χ1v) is 11.9. The molecule has 5 aromatic rings. The van der Waals surface area contributed by atoms with E-state index in [4.69, 9.17) is 16.3 Å². The van der Waals surface area contributed by atoms with Crippen molar-refractivity contribution < 1.29 is 9.13 Å². The molecule has 5 rings (SSSR count). The first kappa shape index (κ1) is 22.2. The number of hydrogen-bond donors (Lipinski definition) is 0. The maximum Gasteiger partial charge on any atom is 0.196 e. The first-order chi connectivity index (χ1) is 16.7. The molecule has 1 aromatic heterocycles. The highest BCUT2D eigenvalue weighted by molar-refractivity contribution is 7.98. The van der Waals surface area contributed by atoms with E-state index in [1.54, 1.807) is 12.1 Å². The highest BCUT2D eigenvalue weighted by atomic mass is 35.5. The summed E-state index contributed by atoms with van der Waals surface area (Å²) in [6.45, 7) is 0. The lowest BCUT2D eigenvalue weighted by atomic mass is 10.2. The molecule has 34 heavy (non-hydrogen) atoms. The predicted molar refractivity (Wildman–Crippen MR) is 134 cm³/mol. The molecule has 168 valence electrons. The molecule has 0 fully saturated rings. The number of halogens is 2.